The molecule has 0 atom stereocenters. The lowest BCUT2D eigenvalue weighted by Crippen LogP contribution is -2.17. The zero-order chi connectivity index (χ0) is 19.3. The minimum absolute atomic E-state index is 0.174. The molecule has 2 aromatic carbocycles. The number of nitrogens with one attached hydrogen (secondary N) is 2. The number of carbonyl (C=O) groups is 2. The van der Waals surface area contributed by atoms with Crippen LogP contribution in [-0.2, 0) is 9.53 Å². The van der Waals surface area contributed by atoms with Gasteiger partial charge in [-0.05, 0) is 49.2 Å². The van der Waals surface area contributed by atoms with Gasteiger partial charge in [-0.1, -0.05) is 29.3 Å². The second kappa shape index (κ2) is 8.92. The molecule has 7 heteroatoms. The highest BCUT2D eigenvalue weighted by Gasteiger charge is 2.11. The SMILES string of the molecule is COC(=O)c1ccc(Cl)c(NCCC(=O)Nc2c(C)cc(C)cc2Cl)c1. The van der Waals surface area contributed by atoms with Gasteiger partial charge in [0.1, 0.15) is 0 Å². The Bertz CT molecular complexity index is 815. The molecule has 0 saturated heterocycles. The van der Waals surface area contributed by atoms with Crippen molar-refractivity contribution >= 4 is 46.5 Å². The van der Waals surface area contributed by atoms with Crippen molar-refractivity contribution in [3.63, 3.8) is 0 Å². The third kappa shape index (κ3) is 5.13. The summed E-state index contributed by atoms with van der Waals surface area (Å²) in [6, 6.07) is 8.53. The van der Waals surface area contributed by atoms with Crippen molar-refractivity contribution in [3.8, 4) is 0 Å². The molecule has 0 aliphatic rings. The van der Waals surface area contributed by atoms with E-state index in [-0.39, 0.29) is 12.3 Å². The number of methoxy groups -OCH3 is 1. The van der Waals surface area contributed by atoms with E-state index >= 15 is 0 Å². The van der Waals surface area contributed by atoms with Crippen molar-refractivity contribution in [2.45, 2.75) is 20.3 Å². The summed E-state index contributed by atoms with van der Waals surface area (Å²) in [7, 11) is 1.31. The zero-order valence-corrected chi connectivity index (χ0v) is 16.3. The first-order valence-electron chi connectivity index (χ1n) is 8.00. The molecule has 0 unspecified atom stereocenters. The lowest BCUT2D eigenvalue weighted by molar-refractivity contribution is -0.115. The predicted molar refractivity (Wildman–Crippen MR) is 105 cm³/mol. The molecule has 0 saturated carbocycles. The zero-order valence-electron chi connectivity index (χ0n) is 14.8. The fraction of sp³-hybridized carbons (Fsp3) is 0.263. The summed E-state index contributed by atoms with van der Waals surface area (Å²) in [5.41, 5.74) is 3.50. The summed E-state index contributed by atoms with van der Waals surface area (Å²) in [6.07, 6.45) is 0.211. The standard InChI is InChI=1S/C19H20Cl2N2O3/c1-11-8-12(2)18(15(21)9-11)23-17(24)6-7-22-16-10-13(19(25)26-3)4-5-14(16)20/h4-5,8-10,22H,6-7H2,1-3H3,(H,23,24). The maximum absolute atomic E-state index is 12.2. The van der Waals surface area contributed by atoms with Crippen LogP contribution < -0.4 is 10.6 Å². The smallest absolute Gasteiger partial charge is 0.337 e. The normalized spacial score (nSPS) is 10.3. The molecular weight excluding hydrogens is 375 g/mol. The second-order valence-electron chi connectivity index (χ2n) is 5.85. The Balaban J connectivity index is 1.96. The number of carbonyl (C=O) groups excluding carboxylic acids is 2. The topological polar surface area (TPSA) is 67.4 Å². The molecule has 0 aliphatic heterocycles. The van der Waals surface area contributed by atoms with Crippen LogP contribution >= 0.6 is 23.2 Å². The van der Waals surface area contributed by atoms with Crippen molar-refractivity contribution in [2.75, 3.05) is 24.3 Å². The van der Waals surface area contributed by atoms with Gasteiger partial charge in [0.25, 0.3) is 0 Å². The predicted octanol–water partition coefficient (Wildman–Crippen LogP) is 4.84. The summed E-state index contributed by atoms with van der Waals surface area (Å²) in [5, 5.41) is 6.85. The molecular formula is C19H20Cl2N2O3. The van der Waals surface area contributed by atoms with Gasteiger partial charge in [-0.2, -0.15) is 0 Å². The average molecular weight is 395 g/mol. The van der Waals surface area contributed by atoms with Gasteiger partial charge in [0.2, 0.25) is 5.91 Å². The highest BCUT2D eigenvalue weighted by molar-refractivity contribution is 6.34. The molecule has 0 radical (unpaired) electrons. The van der Waals surface area contributed by atoms with Gasteiger partial charge in [-0.15, -0.1) is 0 Å². The fourth-order valence-electron chi connectivity index (χ4n) is 2.49. The third-order valence-corrected chi connectivity index (χ3v) is 4.38. The van der Waals surface area contributed by atoms with Gasteiger partial charge in [0, 0.05) is 13.0 Å². The van der Waals surface area contributed by atoms with E-state index in [9.17, 15) is 9.59 Å². The molecule has 2 rings (SSSR count). The van der Waals surface area contributed by atoms with Gasteiger partial charge in [0.15, 0.2) is 0 Å². The quantitative estimate of drug-likeness (QED) is 0.687. The number of hydrogen-bond donors (Lipinski definition) is 2. The first kappa shape index (κ1) is 20.1. The summed E-state index contributed by atoms with van der Waals surface area (Å²) in [5.74, 6) is -0.626. The number of ether oxygens (including phenoxy) is 1. The molecule has 1 amide bonds. The summed E-state index contributed by atoms with van der Waals surface area (Å²) >= 11 is 12.3. The number of amides is 1. The minimum atomic E-state index is -0.452. The number of aryl methyl sites for hydroxylation is 2. The van der Waals surface area contributed by atoms with Gasteiger partial charge in [-0.25, -0.2) is 4.79 Å². The van der Waals surface area contributed by atoms with Crippen LogP contribution in [-0.4, -0.2) is 25.5 Å². The Morgan fingerprint density at radius 1 is 1.08 bits per heavy atom. The number of rotatable bonds is 6. The van der Waals surface area contributed by atoms with Crippen LogP contribution in [0.2, 0.25) is 10.0 Å². The van der Waals surface area contributed by atoms with E-state index in [0.29, 0.717) is 33.5 Å². The van der Waals surface area contributed by atoms with E-state index in [1.54, 1.807) is 24.3 Å². The molecule has 0 spiro atoms. The lowest BCUT2D eigenvalue weighted by Gasteiger charge is -2.13. The van der Waals surface area contributed by atoms with E-state index in [0.717, 1.165) is 11.1 Å². The van der Waals surface area contributed by atoms with Crippen LogP contribution in [0.1, 0.15) is 27.9 Å². The molecule has 0 fully saturated rings. The molecule has 2 aromatic rings. The number of esters is 1. The fourth-order valence-corrected chi connectivity index (χ4v) is 3.04. The highest BCUT2D eigenvalue weighted by atomic mass is 35.5. The lowest BCUT2D eigenvalue weighted by atomic mass is 10.1. The highest BCUT2D eigenvalue weighted by Crippen LogP contribution is 2.27. The third-order valence-electron chi connectivity index (χ3n) is 3.75. The number of hydrogen-bond acceptors (Lipinski definition) is 4. The van der Waals surface area contributed by atoms with E-state index in [2.05, 4.69) is 15.4 Å². The van der Waals surface area contributed by atoms with Gasteiger partial charge < -0.3 is 15.4 Å². The van der Waals surface area contributed by atoms with Crippen LogP contribution in [0.5, 0.6) is 0 Å². The van der Waals surface area contributed by atoms with Gasteiger partial charge in [-0.3, -0.25) is 4.79 Å². The molecule has 0 aromatic heterocycles. The first-order valence-corrected chi connectivity index (χ1v) is 8.75. The van der Waals surface area contributed by atoms with Crippen molar-refractivity contribution in [2.24, 2.45) is 0 Å². The van der Waals surface area contributed by atoms with E-state index in [1.165, 1.54) is 7.11 Å². The van der Waals surface area contributed by atoms with E-state index in [4.69, 9.17) is 23.2 Å². The molecule has 0 heterocycles. The Morgan fingerprint density at radius 3 is 2.46 bits per heavy atom. The van der Waals surface area contributed by atoms with E-state index < -0.39 is 5.97 Å². The van der Waals surface area contributed by atoms with Gasteiger partial charge in [0.05, 0.1) is 34.1 Å². The largest absolute Gasteiger partial charge is 0.465 e. The maximum atomic E-state index is 12.2. The molecule has 2 N–H and O–H groups in total. The summed E-state index contributed by atoms with van der Waals surface area (Å²) < 4.78 is 4.68. The Labute approximate surface area is 162 Å². The van der Waals surface area contributed by atoms with Crippen molar-refractivity contribution in [1.82, 2.24) is 0 Å². The Hall–Kier alpha value is -2.24. The Morgan fingerprint density at radius 2 is 1.81 bits per heavy atom. The molecule has 0 bridgehead atoms. The summed E-state index contributed by atoms with van der Waals surface area (Å²) in [6.45, 7) is 4.18. The summed E-state index contributed by atoms with van der Waals surface area (Å²) in [4.78, 5) is 23.8. The average Bonchev–Trinajstić information content (AvgIpc) is 2.59. The van der Waals surface area contributed by atoms with Crippen LogP contribution in [0.4, 0.5) is 11.4 Å². The molecule has 138 valence electrons. The van der Waals surface area contributed by atoms with E-state index in [1.807, 2.05) is 19.9 Å². The van der Waals surface area contributed by atoms with Crippen LogP contribution in [0, 0.1) is 13.8 Å². The maximum Gasteiger partial charge on any atom is 0.337 e. The molecule has 5 nitrogen and oxygen atoms in total. The van der Waals surface area contributed by atoms with Crippen LogP contribution in [0.3, 0.4) is 0 Å². The van der Waals surface area contributed by atoms with Crippen LogP contribution in [0.25, 0.3) is 0 Å². The first-order chi connectivity index (χ1) is 12.3. The monoisotopic (exact) mass is 394 g/mol. The molecule has 0 aliphatic carbocycles. The number of anilines is 2. The van der Waals surface area contributed by atoms with Crippen molar-refractivity contribution < 1.29 is 14.3 Å². The second-order valence-corrected chi connectivity index (χ2v) is 6.66. The van der Waals surface area contributed by atoms with Crippen molar-refractivity contribution in [3.05, 3.63) is 57.1 Å². The Kier molecular flexibility index (Phi) is 6.89. The minimum Gasteiger partial charge on any atom is -0.465 e. The number of halogens is 2. The molecule has 26 heavy (non-hydrogen) atoms. The van der Waals surface area contributed by atoms with Crippen molar-refractivity contribution in [1.29, 1.82) is 0 Å². The van der Waals surface area contributed by atoms with Gasteiger partial charge >= 0.3 is 5.97 Å². The number of benzene rings is 2. The van der Waals surface area contributed by atoms with Crippen LogP contribution in [0.15, 0.2) is 30.3 Å².